The first kappa shape index (κ1) is 13.1. The number of halogens is 2. The summed E-state index contributed by atoms with van der Waals surface area (Å²) in [5.74, 6) is -0.417. The molecule has 0 radical (unpaired) electrons. The molecule has 0 fully saturated rings. The Bertz CT molecular complexity index is 709. The third kappa shape index (κ3) is 2.69. The van der Waals surface area contributed by atoms with E-state index < -0.39 is 5.82 Å². The van der Waals surface area contributed by atoms with Crippen molar-refractivity contribution >= 4 is 28.6 Å². The molecule has 102 valence electrons. The quantitative estimate of drug-likeness (QED) is 0.743. The molecule has 1 aromatic carbocycles. The van der Waals surface area contributed by atoms with Gasteiger partial charge in [-0.3, -0.25) is 5.10 Å². The summed E-state index contributed by atoms with van der Waals surface area (Å²) < 4.78 is 13.1. The largest absolute Gasteiger partial charge is 0.381 e. The Kier molecular flexibility index (Phi) is 3.71. The van der Waals surface area contributed by atoms with Crippen molar-refractivity contribution in [2.75, 3.05) is 5.32 Å². The summed E-state index contributed by atoms with van der Waals surface area (Å²) in [7, 11) is 0. The van der Waals surface area contributed by atoms with Crippen molar-refractivity contribution < 1.29 is 4.39 Å². The van der Waals surface area contributed by atoms with E-state index in [-0.39, 0.29) is 5.02 Å². The first-order chi connectivity index (χ1) is 9.74. The standard InChI is InChI=1S/C14H11ClFN3S/c15-11-6-10(3-4-12(11)16)17-7-9-8-18-19-14(9)13-2-1-5-20-13/h1-6,8,17H,7H2,(H,18,19). The lowest BCUT2D eigenvalue weighted by Gasteiger charge is -2.07. The monoisotopic (exact) mass is 307 g/mol. The second kappa shape index (κ2) is 5.64. The van der Waals surface area contributed by atoms with Gasteiger partial charge in [-0.15, -0.1) is 11.3 Å². The van der Waals surface area contributed by atoms with Gasteiger partial charge in [-0.25, -0.2) is 4.39 Å². The highest BCUT2D eigenvalue weighted by atomic mass is 35.5. The van der Waals surface area contributed by atoms with Crippen LogP contribution in [0.2, 0.25) is 5.02 Å². The van der Waals surface area contributed by atoms with Gasteiger partial charge in [0.2, 0.25) is 0 Å². The molecule has 2 heterocycles. The van der Waals surface area contributed by atoms with Crippen molar-refractivity contribution in [3.8, 4) is 10.6 Å². The van der Waals surface area contributed by atoms with E-state index in [0.29, 0.717) is 6.54 Å². The minimum Gasteiger partial charge on any atom is -0.381 e. The van der Waals surface area contributed by atoms with E-state index in [1.54, 1.807) is 29.7 Å². The van der Waals surface area contributed by atoms with Gasteiger partial charge >= 0.3 is 0 Å². The van der Waals surface area contributed by atoms with Crippen molar-refractivity contribution in [1.29, 1.82) is 0 Å². The number of thiophene rings is 1. The topological polar surface area (TPSA) is 40.7 Å². The number of hydrogen-bond donors (Lipinski definition) is 2. The zero-order chi connectivity index (χ0) is 13.9. The number of H-pyrrole nitrogens is 1. The Balaban J connectivity index is 1.76. The molecule has 3 rings (SSSR count). The number of nitrogens with zero attached hydrogens (tertiary/aromatic N) is 1. The average molecular weight is 308 g/mol. The third-order valence-electron chi connectivity index (χ3n) is 2.89. The molecule has 2 N–H and O–H groups in total. The minimum atomic E-state index is -0.417. The molecular formula is C14H11ClFN3S. The molecule has 2 aromatic heterocycles. The summed E-state index contributed by atoms with van der Waals surface area (Å²) >= 11 is 7.41. The summed E-state index contributed by atoms with van der Waals surface area (Å²) in [4.78, 5) is 1.14. The van der Waals surface area contributed by atoms with Crippen LogP contribution in [-0.4, -0.2) is 10.2 Å². The molecule has 3 nitrogen and oxygen atoms in total. The van der Waals surface area contributed by atoms with Crippen LogP contribution in [0.15, 0.2) is 41.9 Å². The van der Waals surface area contributed by atoms with E-state index in [2.05, 4.69) is 15.5 Å². The third-order valence-corrected chi connectivity index (χ3v) is 4.06. The predicted octanol–water partition coefficient (Wildman–Crippen LogP) is 4.54. The van der Waals surface area contributed by atoms with Crippen molar-refractivity contribution in [2.24, 2.45) is 0 Å². The number of aromatic nitrogens is 2. The molecule has 0 bridgehead atoms. The normalized spacial score (nSPS) is 10.7. The number of aromatic amines is 1. The maximum Gasteiger partial charge on any atom is 0.141 e. The summed E-state index contributed by atoms with van der Waals surface area (Å²) in [5, 5.41) is 12.4. The Morgan fingerprint density at radius 2 is 2.25 bits per heavy atom. The second-order valence-electron chi connectivity index (χ2n) is 4.23. The van der Waals surface area contributed by atoms with Crippen molar-refractivity contribution in [3.63, 3.8) is 0 Å². The fourth-order valence-corrected chi connectivity index (χ4v) is 2.82. The molecule has 0 atom stereocenters. The van der Waals surface area contributed by atoms with Gasteiger partial charge in [-0.05, 0) is 29.6 Å². The Labute approximate surface area is 124 Å². The Morgan fingerprint density at radius 1 is 1.35 bits per heavy atom. The summed E-state index contributed by atoms with van der Waals surface area (Å²) in [6, 6.07) is 8.61. The SMILES string of the molecule is Fc1ccc(NCc2cn[nH]c2-c2cccs2)cc1Cl. The van der Waals surface area contributed by atoms with Gasteiger partial charge in [0.15, 0.2) is 0 Å². The van der Waals surface area contributed by atoms with Crippen LogP contribution >= 0.6 is 22.9 Å². The zero-order valence-corrected chi connectivity index (χ0v) is 11.9. The van der Waals surface area contributed by atoms with Crippen molar-refractivity contribution in [2.45, 2.75) is 6.54 Å². The van der Waals surface area contributed by atoms with E-state index in [4.69, 9.17) is 11.6 Å². The van der Waals surface area contributed by atoms with Crippen molar-refractivity contribution in [1.82, 2.24) is 10.2 Å². The second-order valence-corrected chi connectivity index (χ2v) is 5.58. The highest BCUT2D eigenvalue weighted by molar-refractivity contribution is 7.13. The molecule has 0 saturated carbocycles. The molecule has 0 saturated heterocycles. The maximum absolute atomic E-state index is 13.1. The first-order valence-electron chi connectivity index (χ1n) is 5.99. The Hall–Kier alpha value is -1.85. The van der Waals surface area contributed by atoms with Gasteiger partial charge in [0, 0.05) is 17.8 Å². The lowest BCUT2D eigenvalue weighted by molar-refractivity contribution is 0.628. The summed E-state index contributed by atoms with van der Waals surface area (Å²) in [6.45, 7) is 0.589. The molecule has 3 aromatic rings. The number of rotatable bonds is 4. The molecular weight excluding hydrogens is 297 g/mol. The van der Waals surface area contributed by atoms with Gasteiger partial charge in [-0.2, -0.15) is 5.10 Å². The number of nitrogens with one attached hydrogen (secondary N) is 2. The lowest BCUT2D eigenvalue weighted by Crippen LogP contribution is -1.99. The molecule has 20 heavy (non-hydrogen) atoms. The van der Waals surface area contributed by atoms with E-state index in [1.165, 1.54) is 6.07 Å². The molecule has 0 aliphatic heterocycles. The van der Waals surface area contributed by atoms with Crippen LogP contribution in [0.3, 0.4) is 0 Å². The summed E-state index contributed by atoms with van der Waals surface area (Å²) in [5.41, 5.74) is 2.82. The maximum atomic E-state index is 13.1. The molecule has 6 heteroatoms. The van der Waals surface area contributed by atoms with E-state index in [1.807, 2.05) is 17.5 Å². The van der Waals surface area contributed by atoms with Crippen molar-refractivity contribution in [3.05, 3.63) is 58.3 Å². The minimum absolute atomic E-state index is 0.112. The van der Waals surface area contributed by atoms with Crippen LogP contribution in [0, 0.1) is 5.82 Å². The number of benzene rings is 1. The first-order valence-corrected chi connectivity index (χ1v) is 7.25. The van der Waals surface area contributed by atoms with Gasteiger partial charge in [0.25, 0.3) is 0 Å². The lowest BCUT2D eigenvalue weighted by atomic mass is 10.2. The van der Waals surface area contributed by atoms with Crippen LogP contribution in [0.25, 0.3) is 10.6 Å². The van der Waals surface area contributed by atoms with Crippen LogP contribution in [0.1, 0.15) is 5.56 Å². The molecule has 0 spiro atoms. The van der Waals surface area contributed by atoms with E-state index in [0.717, 1.165) is 21.8 Å². The van der Waals surface area contributed by atoms with E-state index >= 15 is 0 Å². The Morgan fingerprint density at radius 3 is 3.00 bits per heavy atom. The highest BCUT2D eigenvalue weighted by Gasteiger charge is 2.08. The van der Waals surface area contributed by atoms with Crippen LogP contribution in [-0.2, 0) is 6.54 Å². The fourth-order valence-electron chi connectivity index (χ4n) is 1.88. The number of anilines is 1. The van der Waals surface area contributed by atoms with Gasteiger partial charge in [-0.1, -0.05) is 17.7 Å². The zero-order valence-electron chi connectivity index (χ0n) is 10.4. The summed E-state index contributed by atoms with van der Waals surface area (Å²) in [6.07, 6.45) is 1.78. The van der Waals surface area contributed by atoms with Gasteiger partial charge in [0.1, 0.15) is 5.82 Å². The van der Waals surface area contributed by atoms with E-state index in [9.17, 15) is 4.39 Å². The highest BCUT2D eigenvalue weighted by Crippen LogP contribution is 2.26. The molecule has 0 unspecified atom stereocenters. The van der Waals surface area contributed by atoms with Gasteiger partial charge < -0.3 is 5.32 Å². The average Bonchev–Trinajstić information content (AvgIpc) is 3.09. The molecule has 0 aliphatic rings. The molecule has 0 amide bonds. The van der Waals surface area contributed by atoms with Gasteiger partial charge in [0.05, 0.1) is 21.8 Å². The fraction of sp³-hybridized carbons (Fsp3) is 0.0714. The van der Waals surface area contributed by atoms with Crippen LogP contribution in [0.5, 0.6) is 0 Å². The van der Waals surface area contributed by atoms with Crippen LogP contribution in [0.4, 0.5) is 10.1 Å². The predicted molar refractivity (Wildman–Crippen MR) is 80.6 cm³/mol. The molecule has 0 aliphatic carbocycles. The van der Waals surface area contributed by atoms with Crippen LogP contribution < -0.4 is 5.32 Å². The number of hydrogen-bond acceptors (Lipinski definition) is 3. The smallest absolute Gasteiger partial charge is 0.141 e.